The highest BCUT2D eigenvalue weighted by atomic mass is 16.7. The minimum atomic E-state index is -0.299. The minimum absolute atomic E-state index is 0.220. The molecular formula is C23H20N2O4. The topological polar surface area (TPSA) is 69.2 Å². The van der Waals surface area contributed by atoms with Gasteiger partial charge in [0.15, 0.2) is 11.5 Å². The molecule has 0 saturated carbocycles. The molecule has 6 nitrogen and oxygen atoms in total. The van der Waals surface area contributed by atoms with Gasteiger partial charge in [-0.1, -0.05) is 29.8 Å². The van der Waals surface area contributed by atoms with Crippen molar-refractivity contribution in [3.05, 3.63) is 89.0 Å². The highest BCUT2D eigenvalue weighted by Crippen LogP contribution is 2.31. The van der Waals surface area contributed by atoms with Gasteiger partial charge < -0.3 is 14.2 Å². The fourth-order valence-corrected chi connectivity index (χ4v) is 2.78. The van der Waals surface area contributed by atoms with Crippen LogP contribution in [-0.4, -0.2) is 18.9 Å². The van der Waals surface area contributed by atoms with Gasteiger partial charge in [0.25, 0.3) is 5.91 Å². The van der Waals surface area contributed by atoms with Crippen LogP contribution in [0.15, 0.2) is 71.8 Å². The fraction of sp³-hybridized carbons (Fsp3) is 0.130. The molecule has 3 aromatic rings. The van der Waals surface area contributed by atoms with Gasteiger partial charge in [-0.05, 0) is 60.5 Å². The van der Waals surface area contributed by atoms with Gasteiger partial charge in [-0.2, -0.15) is 5.10 Å². The molecule has 1 N–H and O–H groups in total. The van der Waals surface area contributed by atoms with Crippen LogP contribution >= 0.6 is 0 Å². The van der Waals surface area contributed by atoms with Crippen molar-refractivity contribution in [2.24, 2.45) is 5.10 Å². The van der Waals surface area contributed by atoms with Gasteiger partial charge >= 0.3 is 0 Å². The van der Waals surface area contributed by atoms with E-state index in [1.165, 1.54) is 5.56 Å². The Labute approximate surface area is 168 Å². The molecular weight excluding hydrogens is 368 g/mol. The predicted molar refractivity (Wildman–Crippen MR) is 110 cm³/mol. The molecule has 0 aromatic heterocycles. The number of hydrogen-bond acceptors (Lipinski definition) is 5. The lowest BCUT2D eigenvalue weighted by Crippen LogP contribution is -2.17. The standard InChI is InChI=1S/C23H20N2O4/c1-16-2-4-17(5-3-16)14-27-20-9-7-19(8-10-20)23(26)25-24-13-18-6-11-21-22(12-18)29-15-28-21/h2-13H,14-15H2,1H3,(H,25,26)/b24-13+. The Morgan fingerprint density at radius 1 is 1.03 bits per heavy atom. The number of ether oxygens (including phenoxy) is 3. The van der Waals surface area contributed by atoms with Crippen molar-refractivity contribution >= 4 is 12.1 Å². The number of hydrogen-bond donors (Lipinski definition) is 1. The van der Waals surface area contributed by atoms with Gasteiger partial charge in [-0.25, -0.2) is 5.43 Å². The zero-order chi connectivity index (χ0) is 20.1. The molecule has 6 heteroatoms. The molecule has 0 unspecified atom stereocenters. The molecule has 1 amide bonds. The van der Waals surface area contributed by atoms with E-state index in [-0.39, 0.29) is 12.7 Å². The average Bonchev–Trinajstić information content (AvgIpc) is 3.21. The van der Waals surface area contributed by atoms with E-state index in [1.54, 1.807) is 42.6 Å². The number of amides is 1. The molecule has 3 aromatic carbocycles. The van der Waals surface area contributed by atoms with E-state index in [1.807, 2.05) is 25.1 Å². The molecule has 1 aliphatic rings. The Balaban J connectivity index is 1.30. The molecule has 0 atom stereocenters. The lowest BCUT2D eigenvalue weighted by atomic mass is 10.2. The lowest BCUT2D eigenvalue weighted by Gasteiger charge is -2.07. The van der Waals surface area contributed by atoms with E-state index >= 15 is 0 Å². The number of fused-ring (bicyclic) bond motifs is 1. The Morgan fingerprint density at radius 2 is 1.79 bits per heavy atom. The SMILES string of the molecule is Cc1ccc(COc2ccc(C(=O)N/N=C/c3ccc4c(c3)OCO4)cc2)cc1. The summed E-state index contributed by atoms with van der Waals surface area (Å²) in [6.45, 7) is 2.75. The van der Waals surface area contributed by atoms with Crippen LogP contribution in [0.4, 0.5) is 0 Å². The number of nitrogens with zero attached hydrogens (tertiary/aromatic N) is 1. The van der Waals surface area contributed by atoms with Crippen LogP contribution in [-0.2, 0) is 6.61 Å². The van der Waals surface area contributed by atoms with Crippen LogP contribution in [0.1, 0.15) is 27.0 Å². The molecule has 0 radical (unpaired) electrons. The number of aryl methyl sites for hydroxylation is 1. The van der Waals surface area contributed by atoms with Crippen molar-refractivity contribution in [2.45, 2.75) is 13.5 Å². The lowest BCUT2D eigenvalue weighted by molar-refractivity contribution is 0.0955. The van der Waals surface area contributed by atoms with E-state index < -0.39 is 0 Å². The summed E-state index contributed by atoms with van der Waals surface area (Å²) < 4.78 is 16.3. The second kappa shape index (κ2) is 8.48. The van der Waals surface area contributed by atoms with Gasteiger partial charge in [0.05, 0.1) is 6.21 Å². The zero-order valence-corrected chi connectivity index (χ0v) is 15.9. The molecule has 0 fully saturated rings. The Morgan fingerprint density at radius 3 is 2.59 bits per heavy atom. The number of hydrazone groups is 1. The number of carbonyl (C=O) groups excluding carboxylic acids is 1. The van der Waals surface area contributed by atoms with E-state index in [0.29, 0.717) is 29.4 Å². The molecule has 0 saturated heterocycles. The fourth-order valence-electron chi connectivity index (χ4n) is 2.78. The summed E-state index contributed by atoms with van der Waals surface area (Å²) in [6, 6.07) is 20.6. The van der Waals surface area contributed by atoms with Crippen LogP contribution in [0.5, 0.6) is 17.2 Å². The first kappa shape index (κ1) is 18.6. The minimum Gasteiger partial charge on any atom is -0.489 e. The van der Waals surface area contributed by atoms with Gasteiger partial charge in [-0.15, -0.1) is 0 Å². The van der Waals surface area contributed by atoms with Gasteiger partial charge in [0.1, 0.15) is 12.4 Å². The molecule has 0 spiro atoms. The summed E-state index contributed by atoms with van der Waals surface area (Å²) in [7, 11) is 0. The van der Waals surface area contributed by atoms with E-state index in [9.17, 15) is 4.79 Å². The van der Waals surface area contributed by atoms with Crippen LogP contribution in [0.3, 0.4) is 0 Å². The van der Waals surface area contributed by atoms with Gasteiger partial charge in [0, 0.05) is 5.56 Å². The van der Waals surface area contributed by atoms with Crippen molar-refractivity contribution in [3.8, 4) is 17.2 Å². The summed E-state index contributed by atoms with van der Waals surface area (Å²) >= 11 is 0. The van der Waals surface area contributed by atoms with E-state index in [4.69, 9.17) is 14.2 Å². The second-order valence-electron chi connectivity index (χ2n) is 6.61. The smallest absolute Gasteiger partial charge is 0.271 e. The number of carbonyl (C=O) groups is 1. The van der Waals surface area contributed by atoms with Crippen molar-refractivity contribution in [2.75, 3.05) is 6.79 Å². The number of benzene rings is 3. The quantitative estimate of drug-likeness (QED) is 0.511. The first-order valence-electron chi connectivity index (χ1n) is 9.19. The van der Waals surface area contributed by atoms with E-state index in [2.05, 4.69) is 22.7 Å². The third-order valence-corrected chi connectivity index (χ3v) is 4.42. The Kier molecular flexibility index (Phi) is 5.42. The first-order chi connectivity index (χ1) is 14.2. The van der Waals surface area contributed by atoms with Gasteiger partial charge in [0.2, 0.25) is 6.79 Å². The molecule has 1 heterocycles. The monoisotopic (exact) mass is 388 g/mol. The van der Waals surface area contributed by atoms with Crippen LogP contribution in [0, 0.1) is 6.92 Å². The Bertz CT molecular complexity index is 1030. The van der Waals surface area contributed by atoms with Crippen molar-refractivity contribution < 1.29 is 19.0 Å². The van der Waals surface area contributed by atoms with Crippen LogP contribution < -0.4 is 19.6 Å². The zero-order valence-electron chi connectivity index (χ0n) is 15.9. The summed E-state index contributed by atoms with van der Waals surface area (Å²) in [5.74, 6) is 1.77. The molecule has 1 aliphatic heterocycles. The third-order valence-electron chi connectivity index (χ3n) is 4.42. The maximum atomic E-state index is 12.2. The van der Waals surface area contributed by atoms with Crippen LogP contribution in [0.2, 0.25) is 0 Å². The Hall–Kier alpha value is -3.80. The third kappa shape index (κ3) is 4.73. The summed E-state index contributed by atoms with van der Waals surface area (Å²) in [6.07, 6.45) is 1.55. The average molecular weight is 388 g/mol. The molecule has 146 valence electrons. The summed E-state index contributed by atoms with van der Waals surface area (Å²) in [5.41, 5.74) is 6.12. The normalized spacial score (nSPS) is 12.2. The highest BCUT2D eigenvalue weighted by molar-refractivity contribution is 5.95. The summed E-state index contributed by atoms with van der Waals surface area (Å²) in [5, 5.41) is 4.00. The second-order valence-corrected chi connectivity index (χ2v) is 6.61. The summed E-state index contributed by atoms with van der Waals surface area (Å²) in [4.78, 5) is 12.2. The molecule has 0 aliphatic carbocycles. The van der Waals surface area contributed by atoms with Crippen molar-refractivity contribution in [3.63, 3.8) is 0 Å². The largest absolute Gasteiger partial charge is 0.489 e. The first-order valence-corrected chi connectivity index (χ1v) is 9.19. The number of rotatable bonds is 6. The van der Waals surface area contributed by atoms with Crippen molar-refractivity contribution in [1.82, 2.24) is 5.43 Å². The molecule has 29 heavy (non-hydrogen) atoms. The maximum Gasteiger partial charge on any atom is 0.271 e. The van der Waals surface area contributed by atoms with Crippen molar-refractivity contribution in [1.29, 1.82) is 0 Å². The number of nitrogens with one attached hydrogen (secondary N) is 1. The van der Waals surface area contributed by atoms with Gasteiger partial charge in [-0.3, -0.25) is 4.79 Å². The maximum absolute atomic E-state index is 12.2. The predicted octanol–water partition coefficient (Wildman–Crippen LogP) is 4.07. The highest BCUT2D eigenvalue weighted by Gasteiger charge is 2.12. The molecule has 4 rings (SSSR count). The van der Waals surface area contributed by atoms with Crippen LogP contribution in [0.25, 0.3) is 0 Å². The van der Waals surface area contributed by atoms with E-state index in [0.717, 1.165) is 11.1 Å². The molecule has 0 bridgehead atoms.